The van der Waals surface area contributed by atoms with Gasteiger partial charge in [0.1, 0.15) is 0 Å². The lowest BCUT2D eigenvalue weighted by Gasteiger charge is -2.11. The van der Waals surface area contributed by atoms with E-state index < -0.39 is 0 Å². The highest BCUT2D eigenvalue weighted by Crippen LogP contribution is 2.29. The highest BCUT2D eigenvalue weighted by Gasteiger charge is 2.03. The Bertz CT molecular complexity index is 483. The third-order valence-electron chi connectivity index (χ3n) is 2.61. The van der Waals surface area contributed by atoms with Crippen LogP contribution in [0.25, 0.3) is 0 Å². The van der Waals surface area contributed by atoms with Gasteiger partial charge in [-0.1, -0.05) is 0 Å². The molecule has 0 aliphatic heterocycles. The maximum atomic E-state index is 5.25. The molecule has 0 aliphatic rings. The Balaban J connectivity index is 1.93. The van der Waals surface area contributed by atoms with Crippen molar-refractivity contribution in [3.63, 3.8) is 0 Å². The molecule has 0 spiro atoms. The van der Waals surface area contributed by atoms with Crippen LogP contribution in [-0.4, -0.2) is 30.5 Å². The zero-order chi connectivity index (χ0) is 12.8. The van der Waals surface area contributed by atoms with Crippen LogP contribution in [0.1, 0.15) is 0 Å². The molecular weight excluding hydrogens is 230 g/mol. The first kappa shape index (κ1) is 12.3. The molecule has 0 bridgehead atoms. The van der Waals surface area contributed by atoms with Gasteiger partial charge in [-0.25, -0.2) is 0 Å². The molecule has 0 saturated carbocycles. The molecule has 0 fully saturated rings. The molecule has 0 aliphatic carbocycles. The fourth-order valence-corrected chi connectivity index (χ4v) is 1.69. The second-order valence-electron chi connectivity index (χ2n) is 3.77. The second kappa shape index (κ2) is 5.95. The van der Waals surface area contributed by atoms with Crippen LogP contribution in [-0.2, 0) is 6.54 Å². The van der Waals surface area contributed by atoms with Crippen LogP contribution >= 0.6 is 0 Å². The van der Waals surface area contributed by atoms with Gasteiger partial charge in [-0.15, -0.1) is 0 Å². The molecule has 5 heteroatoms. The van der Waals surface area contributed by atoms with Crippen molar-refractivity contribution in [1.29, 1.82) is 0 Å². The number of anilines is 1. The van der Waals surface area contributed by atoms with Crippen molar-refractivity contribution in [2.75, 3.05) is 26.1 Å². The lowest BCUT2D eigenvalue weighted by Crippen LogP contribution is -2.10. The minimum atomic E-state index is 0.724. The number of hydrogen-bond acceptors (Lipinski definition) is 4. The number of rotatable bonds is 6. The van der Waals surface area contributed by atoms with Gasteiger partial charge < -0.3 is 14.8 Å². The summed E-state index contributed by atoms with van der Waals surface area (Å²) in [6.45, 7) is 1.62. The highest BCUT2D eigenvalue weighted by atomic mass is 16.5. The van der Waals surface area contributed by atoms with E-state index in [0.29, 0.717) is 0 Å². The number of methoxy groups -OCH3 is 2. The summed E-state index contributed by atoms with van der Waals surface area (Å²) in [5.41, 5.74) is 1.000. The fraction of sp³-hybridized carbons (Fsp3) is 0.308. The third kappa shape index (κ3) is 2.94. The Kier molecular flexibility index (Phi) is 4.06. The van der Waals surface area contributed by atoms with Crippen molar-refractivity contribution in [2.24, 2.45) is 0 Å². The summed E-state index contributed by atoms with van der Waals surface area (Å²) >= 11 is 0. The van der Waals surface area contributed by atoms with E-state index in [1.165, 1.54) is 0 Å². The van der Waals surface area contributed by atoms with Crippen LogP contribution in [0.4, 0.5) is 5.69 Å². The molecule has 0 saturated heterocycles. The molecule has 96 valence electrons. The van der Waals surface area contributed by atoms with E-state index >= 15 is 0 Å². The van der Waals surface area contributed by atoms with Crippen LogP contribution < -0.4 is 14.8 Å². The SMILES string of the molecule is COc1ccc(NCCn2cccn2)cc1OC. The van der Waals surface area contributed by atoms with E-state index in [0.717, 1.165) is 30.3 Å². The average Bonchev–Trinajstić information content (AvgIpc) is 2.91. The number of nitrogens with one attached hydrogen (secondary N) is 1. The molecule has 0 unspecified atom stereocenters. The van der Waals surface area contributed by atoms with Crippen molar-refractivity contribution < 1.29 is 9.47 Å². The van der Waals surface area contributed by atoms with E-state index in [4.69, 9.17) is 9.47 Å². The van der Waals surface area contributed by atoms with Gasteiger partial charge >= 0.3 is 0 Å². The van der Waals surface area contributed by atoms with Crippen molar-refractivity contribution in [1.82, 2.24) is 9.78 Å². The Hall–Kier alpha value is -2.17. The molecule has 0 atom stereocenters. The molecule has 18 heavy (non-hydrogen) atoms. The van der Waals surface area contributed by atoms with E-state index in [2.05, 4.69) is 10.4 Å². The predicted octanol–water partition coefficient (Wildman–Crippen LogP) is 2.01. The van der Waals surface area contributed by atoms with Gasteiger partial charge in [0.2, 0.25) is 0 Å². The zero-order valence-electron chi connectivity index (χ0n) is 10.6. The van der Waals surface area contributed by atoms with E-state index in [1.54, 1.807) is 20.4 Å². The standard InChI is InChI=1S/C13H17N3O2/c1-17-12-5-4-11(10-13(12)18-2)14-7-9-16-8-3-6-15-16/h3-6,8,10,14H,7,9H2,1-2H3. The predicted molar refractivity (Wildman–Crippen MR) is 70.3 cm³/mol. The lowest BCUT2D eigenvalue weighted by molar-refractivity contribution is 0.355. The molecule has 5 nitrogen and oxygen atoms in total. The number of benzene rings is 1. The van der Waals surface area contributed by atoms with Crippen molar-refractivity contribution in [2.45, 2.75) is 6.54 Å². The highest BCUT2D eigenvalue weighted by molar-refractivity contribution is 5.54. The zero-order valence-corrected chi connectivity index (χ0v) is 10.6. The van der Waals surface area contributed by atoms with E-state index in [-0.39, 0.29) is 0 Å². The summed E-state index contributed by atoms with van der Waals surface area (Å²) < 4.78 is 12.3. The summed E-state index contributed by atoms with van der Waals surface area (Å²) in [5, 5.41) is 7.45. The van der Waals surface area contributed by atoms with Crippen molar-refractivity contribution >= 4 is 5.69 Å². The Morgan fingerprint density at radius 1 is 1.22 bits per heavy atom. The first-order valence-electron chi connectivity index (χ1n) is 5.77. The molecule has 1 aromatic carbocycles. The topological polar surface area (TPSA) is 48.3 Å². The van der Waals surface area contributed by atoms with Crippen molar-refractivity contribution in [3.8, 4) is 11.5 Å². The number of nitrogens with zero attached hydrogens (tertiary/aromatic N) is 2. The Morgan fingerprint density at radius 2 is 2.06 bits per heavy atom. The van der Waals surface area contributed by atoms with Gasteiger partial charge in [0.15, 0.2) is 11.5 Å². The van der Waals surface area contributed by atoms with Gasteiger partial charge in [-0.05, 0) is 18.2 Å². The smallest absolute Gasteiger partial charge is 0.162 e. The number of ether oxygens (including phenoxy) is 2. The average molecular weight is 247 g/mol. The molecule has 1 aromatic heterocycles. The van der Waals surface area contributed by atoms with Crippen LogP contribution in [0.3, 0.4) is 0 Å². The quantitative estimate of drug-likeness (QED) is 0.848. The molecule has 2 aromatic rings. The normalized spacial score (nSPS) is 10.1. The molecule has 1 heterocycles. The largest absolute Gasteiger partial charge is 0.493 e. The van der Waals surface area contributed by atoms with Gasteiger partial charge in [0, 0.05) is 30.7 Å². The van der Waals surface area contributed by atoms with Crippen LogP contribution in [0.15, 0.2) is 36.7 Å². The van der Waals surface area contributed by atoms with Crippen LogP contribution in [0, 0.1) is 0 Å². The molecule has 0 radical (unpaired) electrons. The molecule has 2 rings (SSSR count). The lowest BCUT2D eigenvalue weighted by atomic mass is 10.2. The summed E-state index contributed by atoms with van der Waals surface area (Å²) in [4.78, 5) is 0. The Morgan fingerprint density at radius 3 is 2.72 bits per heavy atom. The summed E-state index contributed by atoms with van der Waals surface area (Å²) in [6.07, 6.45) is 3.71. The minimum absolute atomic E-state index is 0.724. The number of aromatic nitrogens is 2. The first-order chi connectivity index (χ1) is 8.83. The van der Waals surface area contributed by atoms with Gasteiger partial charge in [-0.2, -0.15) is 5.10 Å². The maximum absolute atomic E-state index is 5.25. The summed E-state index contributed by atoms with van der Waals surface area (Å²) in [6, 6.07) is 7.68. The summed E-state index contributed by atoms with van der Waals surface area (Å²) in [7, 11) is 3.26. The Labute approximate surface area is 106 Å². The first-order valence-corrected chi connectivity index (χ1v) is 5.77. The van der Waals surface area contributed by atoms with Gasteiger partial charge in [0.25, 0.3) is 0 Å². The van der Waals surface area contributed by atoms with E-state index in [9.17, 15) is 0 Å². The fourth-order valence-electron chi connectivity index (χ4n) is 1.69. The van der Waals surface area contributed by atoms with Crippen LogP contribution in [0.5, 0.6) is 11.5 Å². The van der Waals surface area contributed by atoms with Gasteiger partial charge in [0.05, 0.1) is 20.8 Å². The second-order valence-corrected chi connectivity index (χ2v) is 3.77. The molecule has 1 N–H and O–H groups in total. The molecular formula is C13H17N3O2. The van der Waals surface area contributed by atoms with E-state index in [1.807, 2.05) is 35.1 Å². The number of hydrogen-bond donors (Lipinski definition) is 1. The third-order valence-corrected chi connectivity index (χ3v) is 2.61. The van der Waals surface area contributed by atoms with Crippen LogP contribution in [0.2, 0.25) is 0 Å². The maximum Gasteiger partial charge on any atom is 0.162 e. The summed E-state index contributed by atoms with van der Waals surface area (Å²) in [5.74, 6) is 1.46. The monoisotopic (exact) mass is 247 g/mol. The molecule has 0 amide bonds. The van der Waals surface area contributed by atoms with Crippen molar-refractivity contribution in [3.05, 3.63) is 36.7 Å². The van der Waals surface area contributed by atoms with Gasteiger partial charge in [-0.3, -0.25) is 4.68 Å². The minimum Gasteiger partial charge on any atom is -0.493 e.